The number of benzene rings is 1. The Labute approximate surface area is 103 Å². The third-order valence-corrected chi connectivity index (χ3v) is 3.18. The first-order chi connectivity index (χ1) is 8.74. The van der Waals surface area contributed by atoms with E-state index in [2.05, 4.69) is 10.3 Å². The van der Waals surface area contributed by atoms with Crippen molar-refractivity contribution >= 4 is 11.1 Å². The average Bonchev–Trinajstić information content (AvgIpc) is 2.78. The largest absolute Gasteiger partial charge is 0.417 e. The number of aromatic nitrogens is 1. The van der Waals surface area contributed by atoms with Gasteiger partial charge in [0.1, 0.15) is 0 Å². The molecular formula is C12H15N3O3. The lowest BCUT2D eigenvalue weighted by molar-refractivity contribution is 0.0122. The van der Waals surface area contributed by atoms with Crippen LogP contribution in [0.1, 0.15) is 11.6 Å². The van der Waals surface area contributed by atoms with E-state index in [1.807, 2.05) is 12.1 Å². The first-order valence-corrected chi connectivity index (χ1v) is 5.95. The van der Waals surface area contributed by atoms with E-state index in [1.165, 1.54) is 0 Å². The second-order valence-electron chi connectivity index (χ2n) is 4.41. The van der Waals surface area contributed by atoms with Crippen LogP contribution in [-0.4, -0.2) is 30.8 Å². The predicted octanol–water partition coefficient (Wildman–Crippen LogP) is 0.109. The highest BCUT2D eigenvalue weighted by atomic mass is 16.5. The average molecular weight is 249 g/mol. The highest BCUT2D eigenvalue weighted by Crippen LogP contribution is 2.21. The molecule has 18 heavy (non-hydrogen) atoms. The molecule has 1 fully saturated rings. The number of morpholine rings is 1. The summed E-state index contributed by atoms with van der Waals surface area (Å²) in [4.78, 5) is 13.7. The molecule has 0 radical (unpaired) electrons. The second kappa shape index (κ2) is 4.56. The van der Waals surface area contributed by atoms with Gasteiger partial charge in [0.25, 0.3) is 0 Å². The predicted molar refractivity (Wildman–Crippen MR) is 66.4 cm³/mol. The molecule has 2 atom stereocenters. The summed E-state index contributed by atoms with van der Waals surface area (Å²) in [6.45, 7) is 2.27. The normalized spacial score (nSPS) is 22.2. The van der Waals surface area contributed by atoms with E-state index >= 15 is 0 Å². The fourth-order valence-corrected chi connectivity index (χ4v) is 2.21. The van der Waals surface area contributed by atoms with E-state index in [1.54, 1.807) is 6.07 Å². The number of rotatable bonds is 2. The topological polar surface area (TPSA) is 93.3 Å². The standard InChI is InChI=1S/C12H15N3O3/c13-11(10-6-14-3-4-17-10)7-1-2-9-8(5-7)15-12(16)18-9/h1-2,5,10-11,14H,3-4,6,13H2,(H,15,16). The molecule has 0 aliphatic carbocycles. The van der Waals surface area contributed by atoms with Gasteiger partial charge in [-0.2, -0.15) is 0 Å². The van der Waals surface area contributed by atoms with Crippen LogP contribution in [0.25, 0.3) is 11.1 Å². The summed E-state index contributed by atoms with van der Waals surface area (Å²) >= 11 is 0. The van der Waals surface area contributed by atoms with Crippen molar-refractivity contribution < 1.29 is 9.15 Å². The molecule has 1 aliphatic rings. The van der Waals surface area contributed by atoms with Crippen molar-refractivity contribution in [2.24, 2.45) is 5.73 Å². The number of H-pyrrole nitrogens is 1. The second-order valence-corrected chi connectivity index (χ2v) is 4.41. The van der Waals surface area contributed by atoms with Crippen LogP contribution in [0.3, 0.4) is 0 Å². The van der Waals surface area contributed by atoms with Crippen molar-refractivity contribution in [2.45, 2.75) is 12.1 Å². The molecule has 2 unspecified atom stereocenters. The Morgan fingerprint density at radius 3 is 3.11 bits per heavy atom. The maximum Gasteiger partial charge on any atom is 0.417 e. The Balaban J connectivity index is 1.90. The fraction of sp³-hybridized carbons (Fsp3) is 0.417. The van der Waals surface area contributed by atoms with Crippen LogP contribution < -0.4 is 16.8 Å². The SMILES string of the molecule is NC(c1ccc2oc(=O)[nH]c2c1)C1CNCCO1. The summed E-state index contributed by atoms with van der Waals surface area (Å²) in [5.41, 5.74) is 8.31. The number of aromatic amines is 1. The summed E-state index contributed by atoms with van der Waals surface area (Å²) in [6, 6.07) is 5.23. The molecule has 2 heterocycles. The maximum absolute atomic E-state index is 11.1. The lowest BCUT2D eigenvalue weighted by atomic mass is 10.0. The molecule has 0 saturated carbocycles. The number of nitrogens with one attached hydrogen (secondary N) is 2. The van der Waals surface area contributed by atoms with Gasteiger partial charge < -0.3 is 20.2 Å². The third kappa shape index (κ3) is 2.05. The molecule has 4 N–H and O–H groups in total. The molecule has 1 aliphatic heterocycles. The third-order valence-electron chi connectivity index (χ3n) is 3.18. The lowest BCUT2D eigenvalue weighted by Crippen LogP contribution is -2.44. The number of ether oxygens (including phenoxy) is 1. The molecule has 96 valence electrons. The van der Waals surface area contributed by atoms with Crippen molar-refractivity contribution in [1.29, 1.82) is 0 Å². The summed E-state index contributed by atoms with van der Waals surface area (Å²) < 4.78 is 10.6. The smallest absolute Gasteiger partial charge is 0.408 e. The number of oxazole rings is 1. The minimum absolute atomic E-state index is 0.0465. The van der Waals surface area contributed by atoms with E-state index in [9.17, 15) is 4.79 Å². The number of hydrogen-bond acceptors (Lipinski definition) is 5. The summed E-state index contributed by atoms with van der Waals surface area (Å²) in [5, 5.41) is 3.25. The highest BCUT2D eigenvalue weighted by molar-refractivity contribution is 5.72. The van der Waals surface area contributed by atoms with Crippen LogP contribution >= 0.6 is 0 Å². The van der Waals surface area contributed by atoms with Gasteiger partial charge in [-0.05, 0) is 17.7 Å². The number of hydrogen-bond donors (Lipinski definition) is 3. The lowest BCUT2D eigenvalue weighted by Gasteiger charge is -2.28. The Kier molecular flexibility index (Phi) is 2.91. The zero-order valence-corrected chi connectivity index (χ0v) is 9.81. The molecule has 2 aromatic rings. The van der Waals surface area contributed by atoms with E-state index < -0.39 is 5.76 Å². The van der Waals surface area contributed by atoms with Crippen molar-refractivity contribution in [3.8, 4) is 0 Å². The van der Waals surface area contributed by atoms with Crippen molar-refractivity contribution in [2.75, 3.05) is 19.7 Å². The Morgan fingerprint density at radius 2 is 2.33 bits per heavy atom. The molecule has 1 saturated heterocycles. The van der Waals surface area contributed by atoms with Crippen LogP contribution in [0.4, 0.5) is 0 Å². The fourth-order valence-electron chi connectivity index (χ4n) is 2.21. The van der Waals surface area contributed by atoms with Gasteiger partial charge in [-0.25, -0.2) is 4.79 Å². The number of nitrogens with two attached hydrogens (primary N) is 1. The number of fused-ring (bicyclic) bond motifs is 1. The maximum atomic E-state index is 11.1. The zero-order chi connectivity index (χ0) is 12.5. The first-order valence-electron chi connectivity index (χ1n) is 5.95. The van der Waals surface area contributed by atoms with E-state index in [0.717, 1.165) is 18.7 Å². The summed E-state index contributed by atoms with van der Waals surface area (Å²) in [5.74, 6) is -0.452. The quantitative estimate of drug-likeness (QED) is 0.702. The van der Waals surface area contributed by atoms with Gasteiger partial charge in [0.15, 0.2) is 5.58 Å². The van der Waals surface area contributed by atoms with Gasteiger partial charge in [0, 0.05) is 13.1 Å². The molecule has 3 rings (SSSR count). The monoisotopic (exact) mass is 249 g/mol. The van der Waals surface area contributed by atoms with Crippen LogP contribution in [0, 0.1) is 0 Å². The van der Waals surface area contributed by atoms with Crippen LogP contribution in [0.15, 0.2) is 27.4 Å². The zero-order valence-electron chi connectivity index (χ0n) is 9.81. The van der Waals surface area contributed by atoms with Crippen molar-refractivity contribution in [3.63, 3.8) is 0 Å². The minimum Gasteiger partial charge on any atom is -0.408 e. The molecule has 0 bridgehead atoms. The Morgan fingerprint density at radius 1 is 1.44 bits per heavy atom. The van der Waals surface area contributed by atoms with Gasteiger partial charge in [0.2, 0.25) is 0 Å². The highest BCUT2D eigenvalue weighted by Gasteiger charge is 2.22. The Bertz CT molecular complexity index is 598. The molecular weight excluding hydrogens is 234 g/mol. The van der Waals surface area contributed by atoms with Crippen molar-refractivity contribution in [1.82, 2.24) is 10.3 Å². The summed E-state index contributed by atoms with van der Waals surface area (Å²) in [6.07, 6.45) is -0.0465. The van der Waals surface area contributed by atoms with Crippen LogP contribution in [0.2, 0.25) is 0 Å². The molecule has 0 spiro atoms. The van der Waals surface area contributed by atoms with E-state index in [0.29, 0.717) is 17.7 Å². The van der Waals surface area contributed by atoms with Crippen molar-refractivity contribution in [3.05, 3.63) is 34.3 Å². The Hall–Kier alpha value is -1.63. The first kappa shape index (κ1) is 11.5. The summed E-state index contributed by atoms with van der Waals surface area (Å²) in [7, 11) is 0. The molecule has 6 heteroatoms. The molecule has 6 nitrogen and oxygen atoms in total. The van der Waals surface area contributed by atoms with Gasteiger partial charge in [-0.15, -0.1) is 0 Å². The molecule has 0 amide bonds. The molecule has 1 aromatic carbocycles. The van der Waals surface area contributed by atoms with Gasteiger partial charge >= 0.3 is 5.76 Å². The molecule has 1 aromatic heterocycles. The van der Waals surface area contributed by atoms with E-state index in [-0.39, 0.29) is 12.1 Å². The van der Waals surface area contributed by atoms with Gasteiger partial charge in [-0.3, -0.25) is 4.98 Å². The minimum atomic E-state index is -0.452. The van der Waals surface area contributed by atoms with Gasteiger partial charge in [-0.1, -0.05) is 6.07 Å². The van der Waals surface area contributed by atoms with E-state index in [4.69, 9.17) is 14.9 Å². The van der Waals surface area contributed by atoms with Crippen LogP contribution in [-0.2, 0) is 4.74 Å². The van der Waals surface area contributed by atoms with Gasteiger partial charge in [0.05, 0.1) is 24.3 Å². The van der Waals surface area contributed by atoms with Crippen LogP contribution in [0.5, 0.6) is 0 Å².